The molecule has 0 atom stereocenters. The maximum atomic E-state index is 10.4. The zero-order valence-corrected chi connectivity index (χ0v) is 10.4. The van der Waals surface area contributed by atoms with Crippen molar-refractivity contribution in [2.75, 3.05) is 0 Å². The minimum atomic E-state index is -1.06. The number of rotatable bonds is 3. The van der Waals surface area contributed by atoms with E-state index in [0.717, 1.165) is 6.08 Å². The highest BCUT2D eigenvalue weighted by molar-refractivity contribution is 6.35. The number of carbonyl (C=O) groups is 1. The number of aromatic nitrogens is 3. The highest BCUT2D eigenvalue weighted by atomic mass is 35.5. The van der Waals surface area contributed by atoms with Gasteiger partial charge in [0.15, 0.2) is 5.82 Å². The first-order valence-corrected chi connectivity index (χ1v) is 5.59. The summed E-state index contributed by atoms with van der Waals surface area (Å²) in [4.78, 5) is 14.4. The van der Waals surface area contributed by atoms with Crippen molar-refractivity contribution >= 4 is 35.4 Å². The molecular weight excluding hydrogens is 277 g/mol. The number of halogens is 2. The molecule has 92 valence electrons. The van der Waals surface area contributed by atoms with Crippen LogP contribution < -0.4 is 0 Å². The Morgan fingerprint density at radius 1 is 1.28 bits per heavy atom. The van der Waals surface area contributed by atoms with Crippen molar-refractivity contribution in [2.45, 2.75) is 0 Å². The van der Waals surface area contributed by atoms with Crippen LogP contribution in [0.25, 0.3) is 17.6 Å². The molecule has 0 fully saturated rings. The highest BCUT2D eigenvalue weighted by Gasteiger charge is 2.05. The second-order valence-corrected chi connectivity index (χ2v) is 4.23. The van der Waals surface area contributed by atoms with E-state index >= 15 is 0 Å². The monoisotopic (exact) mass is 283 g/mol. The van der Waals surface area contributed by atoms with Crippen LogP contribution in [0.15, 0.2) is 30.6 Å². The molecule has 0 saturated carbocycles. The molecule has 0 amide bonds. The van der Waals surface area contributed by atoms with Gasteiger partial charge in [-0.1, -0.05) is 23.2 Å². The lowest BCUT2D eigenvalue weighted by molar-refractivity contribution is -0.131. The lowest BCUT2D eigenvalue weighted by Gasteiger charge is -1.97. The van der Waals surface area contributed by atoms with Crippen LogP contribution in [0.3, 0.4) is 0 Å². The molecule has 7 heteroatoms. The minimum absolute atomic E-state index is 0.412. The first kappa shape index (κ1) is 12.6. The molecule has 1 aromatic heterocycles. The molecule has 0 unspecified atom stereocenters. The van der Waals surface area contributed by atoms with Gasteiger partial charge in [-0.05, 0) is 18.2 Å². The number of carboxylic acid groups (broad SMARTS) is 1. The molecule has 1 N–H and O–H groups in total. The average molecular weight is 284 g/mol. The molecule has 0 spiro atoms. The summed E-state index contributed by atoms with van der Waals surface area (Å²) in [7, 11) is 0. The summed E-state index contributed by atoms with van der Waals surface area (Å²) < 4.78 is 1.29. The van der Waals surface area contributed by atoms with Crippen LogP contribution in [0, 0.1) is 0 Å². The van der Waals surface area contributed by atoms with Gasteiger partial charge in [0.2, 0.25) is 0 Å². The molecule has 2 aromatic rings. The van der Waals surface area contributed by atoms with E-state index in [1.807, 2.05) is 0 Å². The van der Waals surface area contributed by atoms with Crippen LogP contribution >= 0.6 is 23.2 Å². The fraction of sp³-hybridized carbons (Fsp3) is 0. The molecule has 0 aliphatic rings. The predicted octanol–water partition coefficient (Wildman–Crippen LogP) is 2.81. The third-order valence-electron chi connectivity index (χ3n) is 2.00. The summed E-state index contributed by atoms with van der Waals surface area (Å²) in [6.07, 6.45) is 3.64. The molecule has 0 saturated heterocycles. The highest BCUT2D eigenvalue weighted by Crippen LogP contribution is 2.24. The Hall–Kier alpha value is -1.85. The van der Waals surface area contributed by atoms with E-state index < -0.39 is 5.97 Å². The molecular formula is C11H7Cl2N3O2. The van der Waals surface area contributed by atoms with Crippen molar-refractivity contribution in [3.8, 4) is 11.4 Å². The Labute approximate surface area is 112 Å². The van der Waals surface area contributed by atoms with E-state index in [4.69, 9.17) is 28.3 Å². The van der Waals surface area contributed by atoms with Crippen LogP contribution in [0.4, 0.5) is 0 Å². The van der Waals surface area contributed by atoms with Gasteiger partial charge >= 0.3 is 5.97 Å². The van der Waals surface area contributed by atoms with Crippen molar-refractivity contribution in [3.05, 3.63) is 40.6 Å². The fourth-order valence-electron chi connectivity index (χ4n) is 1.30. The van der Waals surface area contributed by atoms with E-state index in [9.17, 15) is 4.79 Å². The summed E-state index contributed by atoms with van der Waals surface area (Å²) in [5.74, 6) is -0.646. The normalized spacial score (nSPS) is 11.0. The smallest absolute Gasteiger partial charge is 0.329 e. The van der Waals surface area contributed by atoms with E-state index in [0.29, 0.717) is 21.4 Å². The summed E-state index contributed by atoms with van der Waals surface area (Å²) in [6, 6.07) is 4.95. The zero-order valence-electron chi connectivity index (χ0n) is 8.92. The molecule has 0 aliphatic carbocycles. The average Bonchev–Trinajstić information content (AvgIpc) is 2.73. The molecule has 2 rings (SSSR count). The van der Waals surface area contributed by atoms with Crippen molar-refractivity contribution in [3.63, 3.8) is 0 Å². The van der Waals surface area contributed by atoms with Gasteiger partial charge in [-0.25, -0.2) is 14.5 Å². The molecule has 0 bridgehead atoms. The third-order valence-corrected chi connectivity index (χ3v) is 2.44. The Bertz CT molecular complexity index is 602. The molecule has 1 heterocycles. The Morgan fingerprint density at radius 2 is 1.94 bits per heavy atom. The third kappa shape index (κ3) is 3.09. The van der Waals surface area contributed by atoms with E-state index in [2.05, 4.69) is 10.1 Å². The van der Waals surface area contributed by atoms with Crippen molar-refractivity contribution in [1.82, 2.24) is 14.8 Å². The van der Waals surface area contributed by atoms with Gasteiger partial charge in [0.05, 0.1) is 0 Å². The largest absolute Gasteiger partial charge is 0.478 e. The first-order chi connectivity index (χ1) is 8.54. The fourth-order valence-corrected chi connectivity index (χ4v) is 1.83. The van der Waals surface area contributed by atoms with Crippen LogP contribution in [-0.4, -0.2) is 25.8 Å². The quantitative estimate of drug-likeness (QED) is 0.880. The number of carboxylic acids is 1. The van der Waals surface area contributed by atoms with Gasteiger partial charge in [0.1, 0.15) is 6.33 Å². The van der Waals surface area contributed by atoms with Gasteiger partial charge in [-0.2, -0.15) is 0 Å². The van der Waals surface area contributed by atoms with E-state index in [1.165, 1.54) is 17.2 Å². The van der Waals surface area contributed by atoms with Gasteiger partial charge in [-0.15, -0.1) is 5.10 Å². The van der Waals surface area contributed by atoms with Crippen LogP contribution in [0.2, 0.25) is 10.0 Å². The van der Waals surface area contributed by atoms with Crippen LogP contribution in [-0.2, 0) is 4.79 Å². The second-order valence-electron chi connectivity index (χ2n) is 3.36. The van der Waals surface area contributed by atoms with Crippen LogP contribution in [0.5, 0.6) is 0 Å². The van der Waals surface area contributed by atoms with Crippen molar-refractivity contribution in [2.24, 2.45) is 0 Å². The minimum Gasteiger partial charge on any atom is -0.478 e. The van der Waals surface area contributed by atoms with E-state index in [1.54, 1.807) is 18.2 Å². The Morgan fingerprint density at radius 3 is 2.56 bits per heavy atom. The second kappa shape index (κ2) is 5.20. The standard InChI is InChI=1S/C11H7Cl2N3O2/c12-8-3-7(4-9(13)5-8)11-14-6-16(15-11)2-1-10(17)18/h1-6H,(H,17,18). The lowest BCUT2D eigenvalue weighted by Crippen LogP contribution is -1.91. The van der Waals surface area contributed by atoms with Crippen molar-refractivity contribution in [1.29, 1.82) is 0 Å². The van der Waals surface area contributed by atoms with Gasteiger partial charge in [0, 0.05) is 27.9 Å². The molecule has 18 heavy (non-hydrogen) atoms. The van der Waals surface area contributed by atoms with Crippen LogP contribution in [0.1, 0.15) is 0 Å². The number of hydrogen-bond acceptors (Lipinski definition) is 3. The molecule has 0 radical (unpaired) electrons. The maximum Gasteiger partial charge on any atom is 0.329 e. The topological polar surface area (TPSA) is 68.0 Å². The lowest BCUT2D eigenvalue weighted by atomic mass is 10.2. The SMILES string of the molecule is O=C(O)C=Cn1cnc(-c2cc(Cl)cc(Cl)c2)n1. The number of benzene rings is 1. The van der Waals surface area contributed by atoms with Gasteiger partial charge < -0.3 is 5.11 Å². The summed E-state index contributed by atoms with van der Waals surface area (Å²) in [5, 5.41) is 13.5. The first-order valence-electron chi connectivity index (χ1n) is 4.83. The number of hydrogen-bond donors (Lipinski definition) is 1. The Kier molecular flexibility index (Phi) is 3.64. The van der Waals surface area contributed by atoms with E-state index in [-0.39, 0.29) is 0 Å². The molecule has 0 aliphatic heterocycles. The molecule has 1 aromatic carbocycles. The van der Waals surface area contributed by atoms with Gasteiger partial charge in [-0.3, -0.25) is 0 Å². The zero-order chi connectivity index (χ0) is 13.1. The van der Waals surface area contributed by atoms with Crippen molar-refractivity contribution < 1.29 is 9.90 Å². The molecule has 5 nitrogen and oxygen atoms in total. The number of aliphatic carboxylic acids is 1. The van der Waals surface area contributed by atoms with Gasteiger partial charge in [0.25, 0.3) is 0 Å². The maximum absolute atomic E-state index is 10.4. The summed E-state index contributed by atoms with van der Waals surface area (Å²) >= 11 is 11.7. The predicted molar refractivity (Wildman–Crippen MR) is 68.4 cm³/mol. The summed E-state index contributed by atoms with van der Waals surface area (Å²) in [5.41, 5.74) is 0.662. The number of nitrogens with zero attached hydrogens (tertiary/aromatic N) is 3. The Balaban J connectivity index is 2.32. The summed E-state index contributed by atoms with van der Waals surface area (Å²) in [6.45, 7) is 0.